The molecular weight excluding hydrogens is 552 g/mol. The molecule has 1 aliphatic carbocycles. The van der Waals surface area contributed by atoms with Gasteiger partial charge in [-0.05, 0) is 67.6 Å². The molecule has 8 nitrogen and oxygen atoms in total. The quantitative estimate of drug-likeness (QED) is 0.344. The van der Waals surface area contributed by atoms with Gasteiger partial charge in [0.25, 0.3) is 0 Å². The number of imidazole rings is 1. The monoisotopic (exact) mass is 586 g/mol. The van der Waals surface area contributed by atoms with Crippen LogP contribution in [0.25, 0.3) is 0 Å². The molecule has 2 aliphatic heterocycles. The number of ether oxygens (including phenoxy) is 1. The number of alkyl halides is 3. The lowest BCUT2D eigenvalue weighted by atomic mass is 9.90. The largest absolute Gasteiger partial charge is 0.493 e. The molecule has 6 rings (SSSR count). The Morgan fingerprint density at radius 3 is 2.57 bits per heavy atom. The second-order valence-corrected chi connectivity index (χ2v) is 11.7. The molecule has 12 heteroatoms. The Hall–Kier alpha value is -3.70. The molecule has 1 aromatic carbocycles. The van der Waals surface area contributed by atoms with Gasteiger partial charge in [-0.25, -0.2) is 19.3 Å². The zero-order valence-electron chi connectivity index (χ0n) is 23.5. The van der Waals surface area contributed by atoms with Gasteiger partial charge in [-0.15, -0.1) is 0 Å². The van der Waals surface area contributed by atoms with Crippen molar-refractivity contribution in [3.8, 4) is 5.75 Å². The van der Waals surface area contributed by atoms with Crippen LogP contribution in [-0.2, 0) is 30.5 Å². The number of anilines is 1. The number of benzene rings is 1. The van der Waals surface area contributed by atoms with Crippen molar-refractivity contribution in [1.82, 2.24) is 24.4 Å². The molecule has 0 bridgehead atoms. The highest BCUT2D eigenvalue weighted by atomic mass is 19.4. The summed E-state index contributed by atoms with van der Waals surface area (Å²) in [5.74, 6) is 2.56. The predicted octanol–water partition coefficient (Wildman–Crippen LogP) is 5.05. The highest BCUT2D eigenvalue weighted by Gasteiger charge is 2.43. The fraction of sp³-hybridized carbons (Fsp3) is 0.533. The first-order valence-corrected chi connectivity index (χ1v) is 14.5. The van der Waals surface area contributed by atoms with E-state index in [0.717, 1.165) is 50.1 Å². The first-order chi connectivity index (χ1) is 20.1. The number of carbonyl (C=O) groups excluding carboxylic acids is 1. The average molecular weight is 587 g/mol. The molecule has 2 fully saturated rings. The number of aromatic nitrogens is 4. The van der Waals surface area contributed by atoms with Crippen LogP contribution in [0.4, 0.5) is 23.5 Å². The van der Waals surface area contributed by atoms with E-state index >= 15 is 0 Å². The van der Waals surface area contributed by atoms with Crippen molar-refractivity contribution in [2.45, 2.75) is 58.3 Å². The summed E-state index contributed by atoms with van der Waals surface area (Å²) in [7, 11) is 0. The maximum Gasteiger partial charge on any atom is 0.434 e. The van der Waals surface area contributed by atoms with Crippen molar-refractivity contribution in [3.63, 3.8) is 0 Å². The number of aryl methyl sites for hydroxylation is 1. The van der Waals surface area contributed by atoms with Crippen LogP contribution in [0, 0.1) is 30.5 Å². The fourth-order valence-corrected chi connectivity index (χ4v) is 6.22. The number of piperidine rings is 1. The maximum absolute atomic E-state index is 14.8. The number of amides is 1. The summed E-state index contributed by atoms with van der Waals surface area (Å²) in [6.07, 6.45) is 4.37. The number of nitrogens with zero attached hydrogens (tertiary/aromatic N) is 6. The van der Waals surface area contributed by atoms with Crippen molar-refractivity contribution in [3.05, 3.63) is 65.3 Å². The number of hydrogen-bond donors (Lipinski definition) is 0. The molecule has 0 spiro atoms. The van der Waals surface area contributed by atoms with Crippen LogP contribution < -0.4 is 9.64 Å². The first kappa shape index (κ1) is 28.4. The zero-order valence-corrected chi connectivity index (χ0v) is 23.5. The Kier molecular flexibility index (Phi) is 7.80. The molecule has 1 saturated heterocycles. The molecule has 0 radical (unpaired) electrons. The molecule has 224 valence electrons. The number of halogens is 4. The van der Waals surface area contributed by atoms with E-state index in [9.17, 15) is 22.4 Å². The smallest absolute Gasteiger partial charge is 0.434 e. The minimum absolute atomic E-state index is 0.0415. The minimum Gasteiger partial charge on any atom is -0.493 e. The summed E-state index contributed by atoms with van der Waals surface area (Å²) in [5.41, 5.74) is 0.311. The van der Waals surface area contributed by atoms with Crippen LogP contribution in [0.15, 0.2) is 36.8 Å². The summed E-state index contributed by atoms with van der Waals surface area (Å²) < 4.78 is 61.0. The van der Waals surface area contributed by atoms with Gasteiger partial charge in [0.15, 0.2) is 5.69 Å². The zero-order chi connectivity index (χ0) is 29.4. The van der Waals surface area contributed by atoms with Crippen molar-refractivity contribution in [1.29, 1.82) is 0 Å². The van der Waals surface area contributed by atoms with Crippen LogP contribution >= 0.6 is 0 Å². The molecule has 42 heavy (non-hydrogen) atoms. The van der Waals surface area contributed by atoms with Gasteiger partial charge in [-0.3, -0.25) is 4.79 Å². The Bertz CT molecular complexity index is 1420. The van der Waals surface area contributed by atoms with E-state index in [0.29, 0.717) is 30.1 Å². The lowest BCUT2D eigenvalue weighted by Crippen LogP contribution is -2.39. The normalized spacial score (nSPS) is 20.9. The van der Waals surface area contributed by atoms with E-state index in [1.807, 2.05) is 19.3 Å². The maximum atomic E-state index is 14.8. The van der Waals surface area contributed by atoms with Crippen LogP contribution in [0.3, 0.4) is 0 Å². The molecule has 2 atom stereocenters. The Balaban J connectivity index is 0.929. The Morgan fingerprint density at radius 1 is 1.10 bits per heavy atom. The van der Waals surface area contributed by atoms with Gasteiger partial charge in [0.05, 0.1) is 19.6 Å². The summed E-state index contributed by atoms with van der Waals surface area (Å²) in [6, 6.07) is 4.51. The van der Waals surface area contributed by atoms with E-state index in [-0.39, 0.29) is 43.4 Å². The molecule has 4 heterocycles. The lowest BCUT2D eigenvalue weighted by Gasteiger charge is -2.32. The summed E-state index contributed by atoms with van der Waals surface area (Å²) in [5, 5.41) is 0. The second-order valence-electron chi connectivity index (χ2n) is 11.7. The molecular formula is C30H34F4N6O2. The van der Waals surface area contributed by atoms with E-state index in [4.69, 9.17) is 4.74 Å². The van der Waals surface area contributed by atoms with Crippen molar-refractivity contribution >= 4 is 11.9 Å². The van der Waals surface area contributed by atoms with Gasteiger partial charge in [0.2, 0.25) is 11.9 Å². The number of fused-ring (bicyclic) bond motifs is 1. The molecule has 1 saturated carbocycles. The molecule has 1 amide bonds. The van der Waals surface area contributed by atoms with Crippen molar-refractivity contribution in [2.24, 2.45) is 17.8 Å². The minimum atomic E-state index is -4.54. The van der Waals surface area contributed by atoms with Gasteiger partial charge in [-0.2, -0.15) is 13.2 Å². The number of carbonyl (C=O) groups is 1. The van der Waals surface area contributed by atoms with Gasteiger partial charge >= 0.3 is 6.18 Å². The highest BCUT2D eigenvalue weighted by Crippen LogP contribution is 2.50. The molecule has 3 aliphatic rings. The van der Waals surface area contributed by atoms with Gasteiger partial charge in [-0.1, -0.05) is 6.07 Å². The van der Waals surface area contributed by atoms with Gasteiger partial charge < -0.3 is 19.1 Å². The first-order valence-electron chi connectivity index (χ1n) is 14.5. The third-order valence-corrected chi connectivity index (χ3v) is 8.74. The van der Waals surface area contributed by atoms with Crippen LogP contribution in [0.1, 0.15) is 48.3 Å². The average Bonchev–Trinajstić information content (AvgIpc) is 3.60. The number of hydrogen-bond acceptors (Lipinski definition) is 6. The van der Waals surface area contributed by atoms with Gasteiger partial charge in [0, 0.05) is 50.8 Å². The molecule has 0 N–H and O–H groups in total. The Labute approximate surface area is 241 Å². The summed E-state index contributed by atoms with van der Waals surface area (Å²) in [4.78, 5) is 29.0. The molecule has 3 aromatic rings. The SMILES string of the molecule is Cc1cnc(N2CCC([C@H]3C[C@H]3CCOc3ccc(CC(=O)N4CCn5cc(C(F)(F)F)nc5C4)c(F)c3)CC2)nc1. The molecule has 2 aromatic heterocycles. The van der Waals surface area contributed by atoms with Gasteiger partial charge in [0.1, 0.15) is 17.4 Å². The second kappa shape index (κ2) is 11.5. The fourth-order valence-electron chi connectivity index (χ4n) is 6.22. The third kappa shape index (κ3) is 6.37. The van der Waals surface area contributed by atoms with E-state index < -0.39 is 17.7 Å². The summed E-state index contributed by atoms with van der Waals surface area (Å²) in [6.45, 7) is 4.86. The topological polar surface area (TPSA) is 76.4 Å². The van der Waals surface area contributed by atoms with Crippen LogP contribution in [0.5, 0.6) is 5.75 Å². The van der Waals surface area contributed by atoms with E-state index in [1.165, 1.54) is 22.0 Å². The predicted molar refractivity (Wildman–Crippen MR) is 146 cm³/mol. The van der Waals surface area contributed by atoms with Crippen molar-refractivity contribution < 1.29 is 27.1 Å². The standard InChI is InChI=1S/C30H34F4N6O2/c1-19-15-35-29(36-16-19)38-7-4-20(5-8-38)24-12-21(24)6-11-42-23-3-2-22(25(31)14-23)13-28(41)40-10-9-39-17-26(30(32,33)34)37-27(39)18-40/h2-3,14-17,20-21,24H,4-13,18H2,1H3/t21-,24-/m1/s1. The Morgan fingerprint density at radius 2 is 1.86 bits per heavy atom. The van der Waals surface area contributed by atoms with Crippen LogP contribution in [-0.4, -0.2) is 56.6 Å². The lowest BCUT2D eigenvalue weighted by molar-refractivity contribution is -0.141. The van der Waals surface area contributed by atoms with E-state index in [1.54, 1.807) is 12.1 Å². The van der Waals surface area contributed by atoms with Crippen LogP contribution in [0.2, 0.25) is 0 Å². The van der Waals surface area contributed by atoms with E-state index in [2.05, 4.69) is 19.9 Å². The number of rotatable bonds is 8. The summed E-state index contributed by atoms with van der Waals surface area (Å²) >= 11 is 0. The van der Waals surface area contributed by atoms with Crippen molar-refractivity contribution in [2.75, 3.05) is 31.1 Å². The molecule has 0 unspecified atom stereocenters. The third-order valence-electron chi connectivity index (χ3n) is 8.74. The highest BCUT2D eigenvalue weighted by molar-refractivity contribution is 5.79.